The van der Waals surface area contributed by atoms with E-state index in [0.717, 1.165) is 5.56 Å². The number of nitrogens with one attached hydrogen (secondary N) is 2. The second-order valence-corrected chi connectivity index (χ2v) is 7.79. The number of rotatable bonds is 12. The summed E-state index contributed by atoms with van der Waals surface area (Å²) in [4.78, 5) is 23.2. The van der Waals surface area contributed by atoms with Crippen molar-refractivity contribution in [3.05, 3.63) is 95.6 Å². The molecule has 0 aromatic heterocycles. The van der Waals surface area contributed by atoms with E-state index in [1.807, 2.05) is 42.5 Å². The first-order valence-corrected chi connectivity index (χ1v) is 10.9. The van der Waals surface area contributed by atoms with Crippen LogP contribution in [0, 0.1) is 0 Å². The summed E-state index contributed by atoms with van der Waals surface area (Å²) in [5, 5.41) is 36.5. The van der Waals surface area contributed by atoms with Crippen molar-refractivity contribution < 1.29 is 59.2 Å². The Morgan fingerprint density at radius 1 is 0.914 bits per heavy atom. The van der Waals surface area contributed by atoms with Gasteiger partial charge >= 0.3 is 29.6 Å². The van der Waals surface area contributed by atoms with E-state index in [-0.39, 0.29) is 66.8 Å². The Bertz CT molecular complexity index is 1060. The minimum Gasteiger partial charge on any atom is -0.545 e. The Morgan fingerprint density at radius 3 is 2.14 bits per heavy atom. The molecule has 3 rings (SSSR count). The third-order valence-electron chi connectivity index (χ3n) is 5.12. The van der Waals surface area contributed by atoms with Gasteiger partial charge in [0.1, 0.15) is 18.5 Å². The maximum atomic E-state index is 12.3. The van der Waals surface area contributed by atoms with Crippen LogP contribution in [0.5, 0.6) is 5.75 Å². The van der Waals surface area contributed by atoms with E-state index in [2.05, 4.69) is 10.6 Å². The topological polar surface area (TPSA) is 131 Å². The third-order valence-corrected chi connectivity index (χ3v) is 5.12. The Kier molecular flexibility index (Phi) is 11.9. The molecule has 0 fully saturated rings. The zero-order chi connectivity index (χ0) is 24.3. The van der Waals surface area contributed by atoms with Gasteiger partial charge in [0.05, 0.1) is 12.6 Å². The molecule has 0 saturated carbocycles. The molecule has 0 aliphatic heterocycles. The number of carboxylic acid groups (broad SMARTS) is 1. The zero-order valence-electron chi connectivity index (χ0n) is 19.5. The van der Waals surface area contributed by atoms with Crippen LogP contribution in [-0.2, 0) is 6.42 Å². The Hall–Kier alpha value is -2.72. The average molecular weight is 487 g/mol. The smallest absolute Gasteiger partial charge is 0.545 e. The first-order chi connectivity index (χ1) is 16.4. The fraction of sp³-hybridized carbons (Fsp3) is 0.231. The maximum Gasteiger partial charge on any atom is 1.00 e. The number of ether oxygens (including phenoxy) is 1. The molecule has 3 aromatic rings. The second-order valence-electron chi connectivity index (χ2n) is 7.79. The van der Waals surface area contributed by atoms with Crippen LogP contribution in [0.1, 0.15) is 26.3 Å². The number of benzene rings is 3. The van der Waals surface area contributed by atoms with Crippen molar-refractivity contribution in [1.82, 2.24) is 5.32 Å². The molecule has 9 heteroatoms. The Labute approximate surface area is 226 Å². The van der Waals surface area contributed by atoms with Crippen molar-refractivity contribution in [1.29, 1.82) is 0 Å². The second kappa shape index (κ2) is 14.6. The number of carbonyl (C=O) groups is 2. The SMILES string of the molecule is O=C([O-])c1ccc(C(=O)Nc2ccc(C[C@@H](CO)NC[C@H](O)COc3ccccc3)cc2)cc1.[Na+]. The van der Waals surface area contributed by atoms with Crippen LogP contribution in [0.25, 0.3) is 0 Å². The van der Waals surface area contributed by atoms with Crippen molar-refractivity contribution in [3.8, 4) is 5.75 Å². The molecule has 0 heterocycles. The summed E-state index contributed by atoms with van der Waals surface area (Å²) >= 11 is 0. The molecular formula is C26H27N2NaO6. The summed E-state index contributed by atoms with van der Waals surface area (Å²) in [6.07, 6.45) is -0.200. The molecule has 2 atom stereocenters. The Balaban J connectivity index is 0.00000432. The summed E-state index contributed by atoms with van der Waals surface area (Å²) in [7, 11) is 0. The number of aliphatic hydroxyl groups is 2. The largest absolute Gasteiger partial charge is 1.00 e. The van der Waals surface area contributed by atoms with Crippen LogP contribution in [0.15, 0.2) is 78.9 Å². The molecule has 0 saturated heterocycles. The molecule has 178 valence electrons. The molecule has 1 amide bonds. The summed E-state index contributed by atoms with van der Waals surface area (Å²) in [6, 6.07) is 21.6. The minimum absolute atomic E-state index is 0. The number of amides is 1. The van der Waals surface area contributed by atoms with Gasteiger partial charge in [-0.15, -0.1) is 0 Å². The summed E-state index contributed by atoms with van der Waals surface area (Å²) in [5.41, 5.74) is 1.86. The first-order valence-electron chi connectivity index (χ1n) is 10.9. The van der Waals surface area contributed by atoms with E-state index in [1.54, 1.807) is 12.1 Å². The molecule has 8 nitrogen and oxygen atoms in total. The van der Waals surface area contributed by atoms with E-state index in [0.29, 0.717) is 23.4 Å². The van der Waals surface area contributed by atoms with Crippen molar-refractivity contribution in [2.75, 3.05) is 25.1 Å². The number of hydrogen-bond donors (Lipinski definition) is 4. The molecule has 4 N–H and O–H groups in total. The van der Waals surface area contributed by atoms with Gasteiger partial charge in [0, 0.05) is 23.8 Å². The molecular weight excluding hydrogens is 459 g/mol. The predicted octanol–water partition coefficient (Wildman–Crippen LogP) is -1.76. The van der Waals surface area contributed by atoms with Crippen LogP contribution < -0.4 is 50.0 Å². The summed E-state index contributed by atoms with van der Waals surface area (Å²) in [6.45, 7) is 0.301. The molecule has 0 aliphatic rings. The van der Waals surface area contributed by atoms with Gasteiger partial charge in [-0.05, 0) is 53.9 Å². The van der Waals surface area contributed by atoms with Gasteiger partial charge in [0.15, 0.2) is 0 Å². The molecule has 0 bridgehead atoms. The molecule has 0 spiro atoms. The predicted molar refractivity (Wildman–Crippen MR) is 126 cm³/mol. The number of anilines is 1. The van der Waals surface area contributed by atoms with Crippen molar-refractivity contribution in [2.45, 2.75) is 18.6 Å². The van der Waals surface area contributed by atoms with Crippen LogP contribution in [0.3, 0.4) is 0 Å². The molecule has 0 unspecified atom stereocenters. The van der Waals surface area contributed by atoms with Crippen LogP contribution in [-0.4, -0.2) is 54.0 Å². The number of aliphatic hydroxyl groups excluding tert-OH is 2. The molecule has 0 radical (unpaired) electrons. The number of para-hydroxylation sites is 1. The van der Waals surface area contributed by atoms with Crippen LogP contribution >= 0.6 is 0 Å². The van der Waals surface area contributed by atoms with Gasteiger partial charge in [-0.2, -0.15) is 0 Å². The quantitative estimate of drug-likeness (QED) is 0.223. The van der Waals surface area contributed by atoms with Gasteiger partial charge < -0.3 is 35.5 Å². The van der Waals surface area contributed by atoms with Crippen molar-refractivity contribution >= 4 is 17.6 Å². The first kappa shape index (κ1) is 28.5. The average Bonchev–Trinajstić information content (AvgIpc) is 2.87. The minimum atomic E-state index is -1.30. The normalized spacial score (nSPS) is 12.2. The van der Waals surface area contributed by atoms with Crippen LogP contribution in [0.4, 0.5) is 5.69 Å². The molecule has 35 heavy (non-hydrogen) atoms. The number of hydrogen-bond acceptors (Lipinski definition) is 7. The molecule has 0 aliphatic carbocycles. The fourth-order valence-electron chi connectivity index (χ4n) is 3.24. The van der Waals surface area contributed by atoms with E-state index >= 15 is 0 Å². The van der Waals surface area contributed by atoms with Crippen molar-refractivity contribution in [2.24, 2.45) is 0 Å². The monoisotopic (exact) mass is 486 g/mol. The standard InChI is InChI=1S/C26H28N2O6.Na/c29-16-22(27-15-23(30)17-34-24-4-2-1-3-5-24)14-18-6-12-21(13-7-18)28-25(31)19-8-10-20(11-9-19)26(32)33;/h1-13,22-23,27,29-30H,14-17H2,(H,28,31)(H,32,33);/q;+1/p-1/t22-,23-;/m0./s1. The number of aromatic carboxylic acids is 1. The van der Waals surface area contributed by atoms with Crippen LogP contribution in [0.2, 0.25) is 0 Å². The maximum absolute atomic E-state index is 12.3. The van der Waals surface area contributed by atoms with Crippen molar-refractivity contribution in [3.63, 3.8) is 0 Å². The van der Waals surface area contributed by atoms with E-state index in [1.165, 1.54) is 24.3 Å². The van der Waals surface area contributed by atoms with E-state index < -0.39 is 12.1 Å². The summed E-state index contributed by atoms with van der Waals surface area (Å²) in [5.74, 6) is -0.977. The van der Waals surface area contributed by atoms with E-state index in [4.69, 9.17) is 4.74 Å². The van der Waals surface area contributed by atoms with Gasteiger partial charge in [0.2, 0.25) is 0 Å². The third kappa shape index (κ3) is 9.45. The fourth-order valence-corrected chi connectivity index (χ4v) is 3.24. The van der Waals surface area contributed by atoms with Gasteiger partial charge in [-0.1, -0.05) is 42.5 Å². The van der Waals surface area contributed by atoms with Gasteiger partial charge in [-0.25, -0.2) is 0 Å². The number of carboxylic acids is 1. The Morgan fingerprint density at radius 2 is 1.54 bits per heavy atom. The zero-order valence-corrected chi connectivity index (χ0v) is 21.5. The van der Waals surface area contributed by atoms with Gasteiger partial charge in [0.25, 0.3) is 5.91 Å². The van der Waals surface area contributed by atoms with E-state index in [9.17, 15) is 24.9 Å². The van der Waals surface area contributed by atoms with Gasteiger partial charge in [-0.3, -0.25) is 4.79 Å². The number of carbonyl (C=O) groups excluding carboxylic acids is 2. The molecule has 3 aromatic carbocycles. The summed E-state index contributed by atoms with van der Waals surface area (Å²) < 4.78 is 5.53.